The lowest BCUT2D eigenvalue weighted by molar-refractivity contribution is 0.194. The summed E-state index contributed by atoms with van der Waals surface area (Å²) in [6.07, 6.45) is 3.73. The molecule has 118 valence electrons. The molecule has 2 N–H and O–H groups in total. The third-order valence-corrected chi connectivity index (χ3v) is 5.77. The summed E-state index contributed by atoms with van der Waals surface area (Å²) in [5.74, 6) is 0. The highest BCUT2D eigenvalue weighted by molar-refractivity contribution is 7.89. The van der Waals surface area contributed by atoms with Gasteiger partial charge in [-0.1, -0.05) is 12.5 Å². The molecule has 0 aliphatic carbocycles. The van der Waals surface area contributed by atoms with Gasteiger partial charge >= 0.3 is 0 Å². The summed E-state index contributed by atoms with van der Waals surface area (Å²) in [7, 11) is 0.181. The van der Waals surface area contributed by atoms with Crippen LogP contribution in [0.5, 0.6) is 0 Å². The smallest absolute Gasteiger partial charge is 0.240 e. The van der Waals surface area contributed by atoms with Crippen molar-refractivity contribution in [3.05, 3.63) is 23.8 Å². The molecule has 0 saturated carbocycles. The number of likely N-dealkylation sites (tertiary alicyclic amines) is 1. The maximum Gasteiger partial charge on any atom is 0.240 e. The molecule has 1 aromatic carbocycles. The summed E-state index contributed by atoms with van der Waals surface area (Å²) in [5.41, 5.74) is 1.61. The Morgan fingerprint density at radius 3 is 2.76 bits per heavy atom. The van der Waals surface area contributed by atoms with Crippen molar-refractivity contribution >= 4 is 15.7 Å². The van der Waals surface area contributed by atoms with Gasteiger partial charge in [-0.05, 0) is 58.1 Å². The van der Waals surface area contributed by atoms with Crippen LogP contribution >= 0.6 is 0 Å². The van der Waals surface area contributed by atoms with E-state index in [-0.39, 0.29) is 0 Å². The highest BCUT2D eigenvalue weighted by atomic mass is 32.2. The highest BCUT2D eigenvalue weighted by Crippen LogP contribution is 2.21. The molecule has 6 heteroatoms. The molecule has 0 amide bonds. The summed E-state index contributed by atoms with van der Waals surface area (Å²) in [5, 5.41) is 3.37. The van der Waals surface area contributed by atoms with Crippen LogP contribution < -0.4 is 10.0 Å². The first-order valence-corrected chi connectivity index (χ1v) is 8.90. The van der Waals surface area contributed by atoms with Gasteiger partial charge in [0.05, 0.1) is 4.90 Å². The van der Waals surface area contributed by atoms with Gasteiger partial charge in [0.2, 0.25) is 10.0 Å². The van der Waals surface area contributed by atoms with Gasteiger partial charge in [0.25, 0.3) is 0 Å². The van der Waals surface area contributed by atoms with E-state index in [9.17, 15) is 8.42 Å². The van der Waals surface area contributed by atoms with E-state index in [0.29, 0.717) is 10.9 Å². The number of hydrogen-bond donors (Lipinski definition) is 2. The molecule has 1 atom stereocenters. The first kappa shape index (κ1) is 16.3. The number of sulfonamides is 1. The Labute approximate surface area is 127 Å². The molecule has 1 saturated heterocycles. The Morgan fingerprint density at radius 1 is 1.33 bits per heavy atom. The number of nitrogens with zero attached hydrogens (tertiary/aromatic N) is 1. The second-order valence-electron chi connectivity index (χ2n) is 5.70. The Balaban J connectivity index is 2.09. The van der Waals surface area contributed by atoms with E-state index in [1.807, 2.05) is 19.1 Å². The molecule has 2 rings (SSSR count). The van der Waals surface area contributed by atoms with Gasteiger partial charge < -0.3 is 10.2 Å². The maximum absolute atomic E-state index is 12.0. The van der Waals surface area contributed by atoms with Crippen molar-refractivity contribution in [2.45, 2.75) is 37.1 Å². The average Bonchev–Trinajstić information content (AvgIpc) is 2.47. The normalized spacial score (nSPS) is 20.4. The van der Waals surface area contributed by atoms with Crippen LogP contribution in [0.1, 0.15) is 24.8 Å². The largest absolute Gasteiger partial charge is 0.383 e. The van der Waals surface area contributed by atoms with Crippen molar-refractivity contribution in [3.8, 4) is 0 Å². The lowest BCUT2D eigenvalue weighted by Gasteiger charge is -2.32. The number of anilines is 1. The quantitative estimate of drug-likeness (QED) is 0.870. The van der Waals surface area contributed by atoms with Crippen molar-refractivity contribution in [2.75, 3.05) is 32.5 Å². The Morgan fingerprint density at radius 2 is 2.10 bits per heavy atom. The van der Waals surface area contributed by atoms with Gasteiger partial charge in [0.15, 0.2) is 0 Å². The van der Waals surface area contributed by atoms with Gasteiger partial charge in [-0.15, -0.1) is 0 Å². The van der Waals surface area contributed by atoms with Crippen molar-refractivity contribution < 1.29 is 8.42 Å². The zero-order valence-corrected chi connectivity index (χ0v) is 13.8. The minimum absolute atomic E-state index is 0.340. The van der Waals surface area contributed by atoms with Crippen LogP contribution in [0.3, 0.4) is 0 Å². The van der Waals surface area contributed by atoms with E-state index in [2.05, 4.69) is 22.0 Å². The lowest BCUT2D eigenvalue weighted by atomic mass is 10.0. The van der Waals surface area contributed by atoms with E-state index in [0.717, 1.165) is 24.3 Å². The summed E-state index contributed by atoms with van der Waals surface area (Å²) in [4.78, 5) is 2.71. The topological polar surface area (TPSA) is 61.4 Å². The zero-order chi connectivity index (χ0) is 15.5. The van der Waals surface area contributed by atoms with Crippen molar-refractivity contribution in [1.82, 2.24) is 9.62 Å². The Kier molecular flexibility index (Phi) is 5.24. The fraction of sp³-hybridized carbons (Fsp3) is 0.600. The molecule has 1 heterocycles. The standard InChI is InChI=1S/C15H25N3O2S/c1-12-7-8-13(10-15(12)21(19,20)16-2)17-11-14-6-4-5-9-18(14)3/h7-8,10,14,16-17H,4-6,9,11H2,1-3H3. The summed E-state index contributed by atoms with van der Waals surface area (Å²) in [6.45, 7) is 3.79. The molecule has 5 nitrogen and oxygen atoms in total. The Hall–Kier alpha value is -1.11. The molecule has 21 heavy (non-hydrogen) atoms. The fourth-order valence-corrected chi connectivity index (χ4v) is 3.74. The molecule has 1 aliphatic heterocycles. The molecule has 0 aromatic heterocycles. The lowest BCUT2D eigenvalue weighted by Crippen LogP contribution is -2.40. The van der Waals surface area contributed by atoms with E-state index in [4.69, 9.17) is 0 Å². The van der Waals surface area contributed by atoms with E-state index >= 15 is 0 Å². The number of aryl methyl sites for hydroxylation is 1. The van der Waals surface area contributed by atoms with Crippen molar-refractivity contribution in [3.63, 3.8) is 0 Å². The minimum atomic E-state index is -3.41. The number of piperidine rings is 1. The van der Waals surface area contributed by atoms with Gasteiger partial charge in [-0.3, -0.25) is 0 Å². The highest BCUT2D eigenvalue weighted by Gasteiger charge is 2.19. The monoisotopic (exact) mass is 311 g/mol. The van der Waals surface area contributed by atoms with E-state index < -0.39 is 10.0 Å². The number of rotatable bonds is 5. The van der Waals surface area contributed by atoms with Crippen molar-refractivity contribution in [1.29, 1.82) is 0 Å². The molecule has 1 unspecified atom stereocenters. The van der Waals surface area contributed by atoms with Crippen LogP contribution in [-0.4, -0.2) is 46.5 Å². The maximum atomic E-state index is 12.0. The van der Waals surface area contributed by atoms with Crippen LogP contribution in [0.4, 0.5) is 5.69 Å². The second-order valence-corrected chi connectivity index (χ2v) is 7.55. The number of benzene rings is 1. The summed E-state index contributed by atoms with van der Waals surface area (Å²) >= 11 is 0. The number of hydrogen-bond acceptors (Lipinski definition) is 4. The Bertz CT molecular complexity index is 587. The minimum Gasteiger partial charge on any atom is -0.383 e. The molecule has 1 fully saturated rings. The molecular weight excluding hydrogens is 286 g/mol. The van der Waals surface area contributed by atoms with Crippen LogP contribution in [0.15, 0.2) is 23.1 Å². The van der Waals surface area contributed by atoms with E-state index in [1.165, 1.54) is 26.3 Å². The predicted octanol–water partition coefficient (Wildman–Crippen LogP) is 1.80. The summed E-state index contributed by atoms with van der Waals surface area (Å²) in [6, 6.07) is 6.01. The molecular formula is C15H25N3O2S. The number of likely N-dealkylation sites (N-methyl/N-ethyl adjacent to an activating group) is 1. The molecule has 0 bridgehead atoms. The molecule has 0 radical (unpaired) electrons. The molecule has 1 aliphatic rings. The number of nitrogens with one attached hydrogen (secondary N) is 2. The van der Waals surface area contributed by atoms with E-state index in [1.54, 1.807) is 6.07 Å². The van der Waals surface area contributed by atoms with Crippen LogP contribution in [0, 0.1) is 6.92 Å². The van der Waals surface area contributed by atoms with Gasteiger partial charge in [0.1, 0.15) is 0 Å². The third kappa shape index (κ3) is 3.96. The first-order chi connectivity index (χ1) is 9.94. The zero-order valence-electron chi connectivity index (χ0n) is 13.0. The third-order valence-electron chi connectivity index (χ3n) is 4.21. The fourth-order valence-electron chi connectivity index (χ4n) is 2.75. The van der Waals surface area contributed by atoms with Gasteiger partial charge in [-0.25, -0.2) is 13.1 Å². The summed E-state index contributed by atoms with van der Waals surface area (Å²) < 4.78 is 26.3. The first-order valence-electron chi connectivity index (χ1n) is 7.42. The van der Waals surface area contributed by atoms with Gasteiger partial charge in [-0.2, -0.15) is 0 Å². The average molecular weight is 311 g/mol. The van der Waals surface area contributed by atoms with Gasteiger partial charge in [0, 0.05) is 18.3 Å². The molecule has 1 aromatic rings. The van der Waals surface area contributed by atoms with Crippen LogP contribution in [0.25, 0.3) is 0 Å². The SMILES string of the molecule is CNS(=O)(=O)c1cc(NCC2CCCCN2C)ccc1C. The second kappa shape index (κ2) is 6.77. The van der Waals surface area contributed by atoms with Crippen molar-refractivity contribution in [2.24, 2.45) is 0 Å². The predicted molar refractivity (Wildman–Crippen MR) is 86.2 cm³/mol. The van der Waals surface area contributed by atoms with Crippen LogP contribution in [-0.2, 0) is 10.0 Å². The molecule has 0 spiro atoms. The van der Waals surface area contributed by atoms with Crippen LogP contribution in [0.2, 0.25) is 0 Å².